The van der Waals surface area contributed by atoms with E-state index in [4.69, 9.17) is 10.5 Å². The van der Waals surface area contributed by atoms with Gasteiger partial charge in [0.1, 0.15) is 0 Å². The topological polar surface area (TPSA) is 82.2 Å². The van der Waals surface area contributed by atoms with Gasteiger partial charge in [0.2, 0.25) is 11.9 Å². The average Bonchev–Trinajstić information content (AvgIpc) is 3.07. The molecule has 6 nitrogen and oxygen atoms in total. The molecule has 28 heavy (non-hydrogen) atoms. The molecular formula is C22H28N4O2. The van der Waals surface area contributed by atoms with Gasteiger partial charge in [0.25, 0.3) is 0 Å². The molecule has 0 radical (unpaired) electrons. The third-order valence-electron chi connectivity index (χ3n) is 4.90. The molecule has 148 valence electrons. The molecule has 1 amide bonds. The zero-order chi connectivity index (χ0) is 19.9. The number of carbonyl (C=O) groups excluding carboxylic acids is 1. The van der Waals surface area contributed by atoms with Crippen molar-refractivity contribution in [3.63, 3.8) is 0 Å². The number of nitrogens with zero attached hydrogens (tertiary/aromatic N) is 2. The lowest BCUT2D eigenvalue weighted by Gasteiger charge is -2.20. The highest BCUT2D eigenvalue weighted by molar-refractivity contribution is 5.93. The molecule has 0 saturated heterocycles. The summed E-state index contributed by atoms with van der Waals surface area (Å²) in [6.07, 6.45) is 0.843. The SMILES string of the molecule is CCOCCCn1c(NC(=O)C(C)C(N)c2ccccc2)nc2ccccc21. The van der Waals surface area contributed by atoms with Crippen molar-refractivity contribution in [3.05, 3.63) is 60.2 Å². The molecule has 3 N–H and O–H groups in total. The van der Waals surface area contributed by atoms with Gasteiger partial charge in [-0.25, -0.2) is 4.98 Å². The van der Waals surface area contributed by atoms with Crippen LogP contribution in [-0.2, 0) is 16.1 Å². The van der Waals surface area contributed by atoms with Gasteiger partial charge in [0, 0.05) is 25.8 Å². The second-order valence-corrected chi connectivity index (χ2v) is 6.84. The lowest BCUT2D eigenvalue weighted by Crippen LogP contribution is -2.31. The Balaban J connectivity index is 1.77. The van der Waals surface area contributed by atoms with E-state index in [1.165, 1.54) is 0 Å². The number of hydrogen-bond acceptors (Lipinski definition) is 4. The van der Waals surface area contributed by atoms with E-state index in [2.05, 4.69) is 10.3 Å². The molecule has 2 unspecified atom stereocenters. The number of imidazole rings is 1. The van der Waals surface area contributed by atoms with Crippen LogP contribution in [0.5, 0.6) is 0 Å². The number of ether oxygens (including phenoxy) is 1. The van der Waals surface area contributed by atoms with Crippen molar-refractivity contribution >= 4 is 22.9 Å². The highest BCUT2D eigenvalue weighted by Gasteiger charge is 2.24. The maximum absolute atomic E-state index is 12.9. The number of amides is 1. The summed E-state index contributed by atoms with van der Waals surface area (Å²) in [5.74, 6) is 0.0200. The molecule has 3 rings (SSSR count). The first-order valence-electron chi connectivity index (χ1n) is 9.76. The van der Waals surface area contributed by atoms with Gasteiger partial charge in [-0.1, -0.05) is 49.4 Å². The molecule has 0 bridgehead atoms. The Labute approximate surface area is 165 Å². The Morgan fingerprint density at radius 2 is 1.89 bits per heavy atom. The summed E-state index contributed by atoms with van der Waals surface area (Å²) in [6, 6.07) is 17.2. The van der Waals surface area contributed by atoms with Gasteiger partial charge in [-0.2, -0.15) is 0 Å². The van der Waals surface area contributed by atoms with Crippen LogP contribution in [0.1, 0.15) is 31.9 Å². The molecular weight excluding hydrogens is 352 g/mol. The predicted octanol–water partition coefficient (Wildman–Crippen LogP) is 3.74. The maximum Gasteiger partial charge on any atom is 0.231 e. The monoisotopic (exact) mass is 380 g/mol. The van der Waals surface area contributed by atoms with Gasteiger partial charge < -0.3 is 15.0 Å². The molecule has 2 aromatic carbocycles. The minimum atomic E-state index is -0.390. The summed E-state index contributed by atoms with van der Waals surface area (Å²) in [4.78, 5) is 17.5. The summed E-state index contributed by atoms with van der Waals surface area (Å²) in [5.41, 5.74) is 9.11. The molecule has 6 heteroatoms. The number of hydrogen-bond donors (Lipinski definition) is 2. The zero-order valence-corrected chi connectivity index (χ0v) is 16.5. The third kappa shape index (κ3) is 4.58. The van der Waals surface area contributed by atoms with Gasteiger partial charge in [0.15, 0.2) is 0 Å². The van der Waals surface area contributed by atoms with Crippen molar-refractivity contribution in [1.82, 2.24) is 9.55 Å². The van der Waals surface area contributed by atoms with Crippen LogP contribution >= 0.6 is 0 Å². The van der Waals surface area contributed by atoms with Crippen LogP contribution in [0.3, 0.4) is 0 Å². The van der Waals surface area contributed by atoms with Gasteiger partial charge >= 0.3 is 0 Å². The smallest absolute Gasteiger partial charge is 0.231 e. The van der Waals surface area contributed by atoms with Crippen LogP contribution in [0, 0.1) is 5.92 Å². The Morgan fingerprint density at radius 1 is 1.18 bits per heavy atom. The highest BCUT2D eigenvalue weighted by atomic mass is 16.5. The second kappa shape index (κ2) is 9.48. The van der Waals surface area contributed by atoms with Crippen LogP contribution in [0.15, 0.2) is 54.6 Å². The Hall–Kier alpha value is -2.70. The standard InChI is InChI=1S/C22H28N4O2/c1-3-28-15-9-14-26-19-13-8-7-12-18(19)24-22(26)25-21(27)16(2)20(23)17-10-5-4-6-11-17/h4-8,10-13,16,20H,3,9,14-15,23H2,1-2H3,(H,24,25,27). The Kier molecular flexibility index (Phi) is 6.79. The Morgan fingerprint density at radius 3 is 2.64 bits per heavy atom. The van der Waals surface area contributed by atoms with E-state index >= 15 is 0 Å². The molecule has 0 fully saturated rings. The van der Waals surface area contributed by atoms with E-state index in [1.54, 1.807) is 0 Å². The minimum absolute atomic E-state index is 0.141. The second-order valence-electron chi connectivity index (χ2n) is 6.84. The summed E-state index contributed by atoms with van der Waals surface area (Å²) < 4.78 is 7.48. The van der Waals surface area contributed by atoms with Gasteiger partial charge in [-0.15, -0.1) is 0 Å². The quantitative estimate of drug-likeness (QED) is 0.554. The lowest BCUT2D eigenvalue weighted by atomic mass is 9.95. The molecule has 0 spiro atoms. The molecule has 0 aliphatic rings. The summed E-state index contributed by atoms with van der Waals surface area (Å²) >= 11 is 0. The van der Waals surface area contributed by atoms with Crippen LogP contribution in [0.2, 0.25) is 0 Å². The average molecular weight is 380 g/mol. The molecule has 2 atom stereocenters. The predicted molar refractivity (Wildman–Crippen MR) is 112 cm³/mol. The maximum atomic E-state index is 12.9. The van der Waals surface area contributed by atoms with Crippen LogP contribution in [-0.4, -0.2) is 28.7 Å². The van der Waals surface area contributed by atoms with E-state index < -0.39 is 0 Å². The van der Waals surface area contributed by atoms with Crippen molar-refractivity contribution < 1.29 is 9.53 Å². The molecule has 1 heterocycles. The van der Waals surface area contributed by atoms with Crippen LogP contribution < -0.4 is 11.1 Å². The lowest BCUT2D eigenvalue weighted by molar-refractivity contribution is -0.120. The Bertz CT molecular complexity index is 907. The summed E-state index contributed by atoms with van der Waals surface area (Å²) in [5, 5.41) is 2.98. The molecule has 3 aromatic rings. The number of para-hydroxylation sites is 2. The number of benzene rings is 2. The number of nitrogens with one attached hydrogen (secondary N) is 1. The van der Waals surface area contributed by atoms with E-state index in [0.29, 0.717) is 19.2 Å². The first kappa shape index (κ1) is 20.0. The largest absolute Gasteiger partial charge is 0.382 e. The first-order valence-corrected chi connectivity index (χ1v) is 9.76. The van der Waals surface area contributed by atoms with Crippen molar-refractivity contribution in [2.45, 2.75) is 32.9 Å². The zero-order valence-electron chi connectivity index (χ0n) is 16.5. The van der Waals surface area contributed by atoms with Gasteiger partial charge in [-0.05, 0) is 31.0 Å². The van der Waals surface area contributed by atoms with Crippen molar-refractivity contribution in [1.29, 1.82) is 0 Å². The number of fused-ring (bicyclic) bond motifs is 1. The number of aromatic nitrogens is 2. The molecule has 0 aliphatic carbocycles. The van der Waals surface area contributed by atoms with Crippen molar-refractivity contribution in [2.75, 3.05) is 18.5 Å². The first-order chi connectivity index (χ1) is 13.6. The van der Waals surface area contributed by atoms with E-state index in [9.17, 15) is 4.79 Å². The van der Waals surface area contributed by atoms with E-state index in [0.717, 1.165) is 29.6 Å². The molecule has 1 aromatic heterocycles. The third-order valence-corrected chi connectivity index (χ3v) is 4.90. The van der Waals surface area contributed by atoms with Crippen molar-refractivity contribution in [3.8, 4) is 0 Å². The number of rotatable bonds is 9. The van der Waals surface area contributed by atoms with Crippen molar-refractivity contribution in [2.24, 2.45) is 11.7 Å². The van der Waals surface area contributed by atoms with E-state index in [-0.39, 0.29) is 17.9 Å². The van der Waals surface area contributed by atoms with Gasteiger partial charge in [-0.3, -0.25) is 10.1 Å². The highest BCUT2D eigenvalue weighted by Crippen LogP contribution is 2.23. The number of nitrogens with two attached hydrogens (primary N) is 1. The minimum Gasteiger partial charge on any atom is -0.382 e. The fourth-order valence-corrected chi connectivity index (χ4v) is 3.22. The molecule has 0 aliphatic heterocycles. The van der Waals surface area contributed by atoms with Crippen LogP contribution in [0.4, 0.5) is 5.95 Å². The van der Waals surface area contributed by atoms with Crippen LogP contribution in [0.25, 0.3) is 11.0 Å². The summed E-state index contributed by atoms with van der Waals surface area (Å²) in [6.45, 7) is 5.91. The number of carbonyl (C=O) groups is 1. The normalized spacial score (nSPS) is 13.4. The summed E-state index contributed by atoms with van der Waals surface area (Å²) in [7, 11) is 0. The number of aryl methyl sites for hydroxylation is 1. The van der Waals surface area contributed by atoms with Gasteiger partial charge in [0.05, 0.1) is 17.0 Å². The van der Waals surface area contributed by atoms with E-state index in [1.807, 2.05) is 73.0 Å². The fraction of sp³-hybridized carbons (Fsp3) is 0.364. The number of anilines is 1. The fourth-order valence-electron chi connectivity index (χ4n) is 3.22. The molecule has 0 saturated carbocycles.